The molecule has 4 heteroatoms. The summed E-state index contributed by atoms with van der Waals surface area (Å²) in [6.07, 6.45) is 2.01. The summed E-state index contributed by atoms with van der Waals surface area (Å²) >= 11 is 0. The van der Waals surface area contributed by atoms with Crippen LogP contribution in [0.5, 0.6) is 0 Å². The molecule has 15 heavy (non-hydrogen) atoms. The first kappa shape index (κ1) is 10.9. The molecule has 0 aliphatic carbocycles. The van der Waals surface area contributed by atoms with Crippen molar-refractivity contribution in [3.63, 3.8) is 0 Å². The number of nitrogens with zero attached hydrogens (tertiary/aromatic N) is 1. The number of amides is 1. The van der Waals surface area contributed by atoms with Gasteiger partial charge in [0.1, 0.15) is 0 Å². The first-order valence-electron chi connectivity index (χ1n) is 5.70. The molecule has 2 fully saturated rings. The van der Waals surface area contributed by atoms with Crippen LogP contribution in [0.25, 0.3) is 0 Å². The van der Waals surface area contributed by atoms with E-state index in [1.54, 1.807) is 0 Å². The minimum absolute atomic E-state index is 0.156. The third kappa shape index (κ3) is 2.32. The first-order chi connectivity index (χ1) is 7.10. The molecule has 2 rings (SSSR count). The number of primary amides is 1. The minimum Gasteiger partial charge on any atom is -0.381 e. The molecule has 1 atom stereocenters. The van der Waals surface area contributed by atoms with Crippen molar-refractivity contribution in [3.8, 4) is 0 Å². The normalized spacial score (nSPS) is 33.7. The van der Waals surface area contributed by atoms with Gasteiger partial charge in [0.05, 0.1) is 18.6 Å². The van der Waals surface area contributed by atoms with Gasteiger partial charge in [-0.2, -0.15) is 0 Å². The van der Waals surface area contributed by atoms with Crippen LogP contribution in [0.4, 0.5) is 0 Å². The number of carbonyl (C=O) groups is 1. The summed E-state index contributed by atoms with van der Waals surface area (Å²) < 4.78 is 5.16. The van der Waals surface area contributed by atoms with Crippen molar-refractivity contribution < 1.29 is 9.53 Å². The Morgan fingerprint density at radius 2 is 2.33 bits per heavy atom. The van der Waals surface area contributed by atoms with Gasteiger partial charge in [0.2, 0.25) is 5.91 Å². The fourth-order valence-electron chi connectivity index (χ4n) is 2.46. The predicted molar refractivity (Wildman–Crippen MR) is 57.3 cm³/mol. The number of hydrogen-bond acceptors (Lipinski definition) is 3. The van der Waals surface area contributed by atoms with Crippen LogP contribution in [-0.4, -0.2) is 43.7 Å². The largest absolute Gasteiger partial charge is 0.381 e. The van der Waals surface area contributed by atoms with Gasteiger partial charge in [-0.25, -0.2) is 0 Å². The van der Waals surface area contributed by atoms with Gasteiger partial charge < -0.3 is 15.4 Å². The molecule has 2 saturated heterocycles. The zero-order valence-corrected chi connectivity index (χ0v) is 9.37. The van der Waals surface area contributed by atoms with E-state index in [2.05, 4.69) is 4.90 Å². The number of likely N-dealkylation sites (tertiary alicyclic amines) is 1. The van der Waals surface area contributed by atoms with Crippen LogP contribution in [-0.2, 0) is 9.53 Å². The van der Waals surface area contributed by atoms with Gasteiger partial charge >= 0.3 is 0 Å². The van der Waals surface area contributed by atoms with Crippen LogP contribution >= 0.6 is 0 Å². The summed E-state index contributed by atoms with van der Waals surface area (Å²) in [5, 5.41) is 0. The second-order valence-electron chi connectivity index (χ2n) is 5.17. The van der Waals surface area contributed by atoms with E-state index in [0.717, 1.165) is 45.7 Å². The van der Waals surface area contributed by atoms with Crippen LogP contribution in [0.1, 0.15) is 19.8 Å². The number of nitrogens with two attached hydrogens (primary N) is 1. The molecule has 0 aromatic heterocycles. The molecule has 1 amide bonds. The van der Waals surface area contributed by atoms with Crippen LogP contribution in [0.3, 0.4) is 0 Å². The maximum Gasteiger partial charge on any atom is 0.224 e. The van der Waals surface area contributed by atoms with E-state index in [0.29, 0.717) is 5.92 Å². The standard InChI is InChI=1S/C11H20N2O2/c1-11(10(12)14)3-2-4-13(8-11)5-9-6-15-7-9/h9H,2-8H2,1H3,(H2,12,14). The Labute approximate surface area is 90.8 Å². The van der Waals surface area contributed by atoms with Gasteiger partial charge in [-0.05, 0) is 26.3 Å². The molecule has 0 bridgehead atoms. The molecule has 0 saturated carbocycles. The maximum atomic E-state index is 11.4. The zero-order valence-electron chi connectivity index (χ0n) is 9.37. The number of rotatable bonds is 3. The highest BCUT2D eigenvalue weighted by molar-refractivity contribution is 5.80. The number of piperidine rings is 1. The van der Waals surface area contributed by atoms with E-state index in [9.17, 15) is 4.79 Å². The van der Waals surface area contributed by atoms with E-state index in [4.69, 9.17) is 10.5 Å². The molecule has 4 nitrogen and oxygen atoms in total. The first-order valence-corrected chi connectivity index (χ1v) is 5.70. The van der Waals surface area contributed by atoms with E-state index >= 15 is 0 Å². The molecule has 2 N–H and O–H groups in total. The fraction of sp³-hybridized carbons (Fsp3) is 0.909. The molecule has 0 aromatic rings. The average molecular weight is 212 g/mol. The predicted octanol–water partition coefficient (Wildman–Crippen LogP) is 0.220. The Bertz CT molecular complexity index is 253. The summed E-state index contributed by atoms with van der Waals surface area (Å²) in [6.45, 7) is 6.72. The van der Waals surface area contributed by atoms with Gasteiger partial charge in [0.25, 0.3) is 0 Å². The SMILES string of the molecule is CC1(C(N)=O)CCCN(CC2COC2)C1. The average Bonchev–Trinajstić information content (AvgIpc) is 2.12. The van der Waals surface area contributed by atoms with E-state index in [1.165, 1.54) is 0 Å². The van der Waals surface area contributed by atoms with Crippen molar-refractivity contribution >= 4 is 5.91 Å². The van der Waals surface area contributed by atoms with Crippen LogP contribution < -0.4 is 5.73 Å². The molecule has 0 aromatic carbocycles. The van der Waals surface area contributed by atoms with Crippen molar-refractivity contribution in [3.05, 3.63) is 0 Å². The van der Waals surface area contributed by atoms with Crippen LogP contribution in [0.15, 0.2) is 0 Å². The quantitative estimate of drug-likeness (QED) is 0.728. The van der Waals surface area contributed by atoms with Gasteiger partial charge in [-0.1, -0.05) is 0 Å². The van der Waals surface area contributed by atoms with Crippen molar-refractivity contribution in [2.24, 2.45) is 17.1 Å². The Hall–Kier alpha value is -0.610. The minimum atomic E-state index is -0.317. The maximum absolute atomic E-state index is 11.4. The summed E-state index contributed by atoms with van der Waals surface area (Å²) in [4.78, 5) is 13.7. The Balaban J connectivity index is 1.88. The van der Waals surface area contributed by atoms with Gasteiger partial charge in [0.15, 0.2) is 0 Å². The van der Waals surface area contributed by atoms with E-state index in [-0.39, 0.29) is 11.3 Å². The third-order valence-corrected chi connectivity index (χ3v) is 3.59. The van der Waals surface area contributed by atoms with Crippen LogP contribution in [0, 0.1) is 11.3 Å². The van der Waals surface area contributed by atoms with E-state index < -0.39 is 0 Å². The lowest BCUT2D eigenvalue weighted by atomic mass is 9.81. The topological polar surface area (TPSA) is 55.6 Å². The molecule has 2 aliphatic rings. The lowest BCUT2D eigenvalue weighted by Gasteiger charge is -2.41. The number of hydrogen-bond donors (Lipinski definition) is 1. The highest BCUT2D eigenvalue weighted by atomic mass is 16.5. The fourth-order valence-corrected chi connectivity index (χ4v) is 2.46. The van der Waals surface area contributed by atoms with Gasteiger partial charge in [0, 0.05) is 19.0 Å². The molecule has 0 spiro atoms. The summed E-state index contributed by atoms with van der Waals surface area (Å²) in [5.41, 5.74) is 5.13. The molecule has 1 unspecified atom stereocenters. The summed E-state index contributed by atoms with van der Waals surface area (Å²) in [5.74, 6) is 0.511. The van der Waals surface area contributed by atoms with E-state index in [1.807, 2.05) is 6.92 Å². The second kappa shape index (κ2) is 4.10. The number of carbonyl (C=O) groups excluding carboxylic acids is 1. The zero-order chi connectivity index (χ0) is 10.9. The van der Waals surface area contributed by atoms with Crippen molar-refractivity contribution in [2.45, 2.75) is 19.8 Å². The van der Waals surface area contributed by atoms with Crippen molar-refractivity contribution in [2.75, 3.05) is 32.8 Å². The second-order valence-corrected chi connectivity index (χ2v) is 5.17. The Kier molecular flexibility index (Phi) is 2.98. The molecule has 2 heterocycles. The summed E-state index contributed by atoms with van der Waals surface area (Å²) in [7, 11) is 0. The van der Waals surface area contributed by atoms with Gasteiger partial charge in [-0.15, -0.1) is 0 Å². The van der Waals surface area contributed by atoms with Crippen molar-refractivity contribution in [1.29, 1.82) is 0 Å². The van der Waals surface area contributed by atoms with Crippen molar-refractivity contribution in [1.82, 2.24) is 4.90 Å². The molecular weight excluding hydrogens is 192 g/mol. The molecule has 86 valence electrons. The monoisotopic (exact) mass is 212 g/mol. The molecular formula is C11H20N2O2. The molecule has 2 aliphatic heterocycles. The van der Waals surface area contributed by atoms with Crippen LogP contribution in [0.2, 0.25) is 0 Å². The smallest absolute Gasteiger partial charge is 0.224 e. The molecule has 0 radical (unpaired) electrons. The lowest BCUT2D eigenvalue weighted by Crippen LogP contribution is -2.51. The lowest BCUT2D eigenvalue weighted by molar-refractivity contribution is -0.130. The highest BCUT2D eigenvalue weighted by Gasteiger charge is 2.37. The van der Waals surface area contributed by atoms with Gasteiger partial charge in [-0.3, -0.25) is 4.79 Å². The summed E-state index contributed by atoms with van der Waals surface area (Å²) in [6, 6.07) is 0. The number of ether oxygens (including phenoxy) is 1. The highest BCUT2D eigenvalue weighted by Crippen LogP contribution is 2.29. The Morgan fingerprint density at radius 1 is 1.60 bits per heavy atom. The third-order valence-electron chi connectivity index (χ3n) is 3.59. The Morgan fingerprint density at radius 3 is 2.87 bits per heavy atom.